The van der Waals surface area contributed by atoms with E-state index in [9.17, 15) is 13.6 Å². The quantitative estimate of drug-likeness (QED) is 0.597. The van der Waals surface area contributed by atoms with Gasteiger partial charge in [-0.25, -0.2) is 8.78 Å². The summed E-state index contributed by atoms with van der Waals surface area (Å²) < 4.78 is 29.0. The number of halogens is 2. The van der Waals surface area contributed by atoms with Crippen LogP contribution < -0.4 is 5.32 Å². The van der Waals surface area contributed by atoms with Crippen LogP contribution in [-0.4, -0.2) is 45.4 Å². The zero-order chi connectivity index (χ0) is 20.7. The molecule has 0 aliphatic carbocycles. The molecule has 0 saturated heterocycles. The molecule has 0 spiro atoms. The van der Waals surface area contributed by atoms with Crippen molar-refractivity contribution in [3.8, 4) is 0 Å². The first-order valence-corrected chi connectivity index (χ1v) is 10.3. The normalized spacial score (nSPS) is 12.4. The number of amides is 1. The molecule has 6 nitrogen and oxygen atoms in total. The number of unbranched alkanes of at least 4 members (excludes halogenated alkanes) is 1. The highest BCUT2D eigenvalue weighted by molar-refractivity contribution is 7.99. The minimum atomic E-state index is -0.676. The first-order chi connectivity index (χ1) is 13.4. The van der Waals surface area contributed by atoms with Crippen LogP contribution in [0.15, 0.2) is 23.4 Å². The van der Waals surface area contributed by atoms with Crippen LogP contribution in [0.2, 0.25) is 0 Å². The van der Waals surface area contributed by atoms with Gasteiger partial charge in [0.1, 0.15) is 11.6 Å². The van der Waals surface area contributed by atoms with Gasteiger partial charge in [-0.3, -0.25) is 9.69 Å². The largest absolute Gasteiger partial charge is 0.323 e. The van der Waals surface area contributed by atoms with Crippen LogP contribution in [0.1, 0.15) is 45.0 Å². The molecule has 28 heavy (non-hydrogen) atoms. The number of rotatable bonds is 10. The molecule has 0 bridgehead atoms. The molecule has 2 aromatic rings. The van der Waals surface area contributed by atoms with Crippen LogP contribution in [-0.2, 0) is 11.3 Å². The summed E-state index contributed by atoms with van der Waals surface area (Å²) in [5, 5.41) is 11.7. The molecule has 1 amide bonds. The molecule has 0 aliphatic heterocycles. The number of carbonyl (C=O) groups is 1. The molecular weight excluding hydrogens is 384 g/mol. The van der Waals surface area contributed by atoms with E-state index in [4.69, 9.17) is 0 Å². The van der Waals surface area contributed by atoms with Gasteiger partial charge in [-0.15, -0.1) is 10.2 Å². The molecule has 1 unspecified atom stereocenters. The summed E-state index contributed by atoms with van der Waals surface area (Å²) in [5.41, 5.74) is -0.169. The number of nitrogens with one attached hydrogen (secondary N) is 1. The van der Waals surface area contributed by atoms with Crippen LogP contribution in [0.25, 0.3) is 0 Å². The van der Waals surface area contributed by atoms with Gasteiger partial charge >= 0.3 is 0 Å². The molecule has 9 heteroatoms. The molecular formula is C19H27F2N5OS. The standard InChI is InChI=1S/C19H27F2N5OS/c1-5-7-10-26-18(16(6-2)25(3)4)23-24-19(26)28-12-17(27)22-15-11-13(20)8-9-14(15)21/h8-9,11,16H,5-7,10,12H2,1-4H3,(H,22,27). The van der Waals surface area contributed by atoms with E-state index in [1.165, 1.54) is 11.8 Å². The monoisotopic (exact) mass is 411 g/mol. The van der Waals surface area contributed by atoms with E-state index in [1.54, 1.807) is 0 Å². The van der Waals surface area contributed by atoms with Crippen LogP contribution in [0.5, 0.6) is 0 Å². The van der Waals surface area contributed by atoms with Gasteiger partial charge in [-0.05, 0) is 39.1 Å². The highest BCUT2D eigenvalue weighted by Crippen LogP contribution is 2.26. The number of anilines is 1. The number of hydrogen-bond acceptors (Lipinski definition) is 5. The van der Waals surface area contributed by atoms with Crippen LogP contribution in [0, 0.1) is 11.6 Å². The number of carbonyl (C=O) groups excluding carboxylic acids is 1. The Morgan fingerprint density at radius 2 is 2.04 bits per heavy atom. The Bertz CT molecular complexity index is 797. The summed E-state index contributed by atoms with van der Waals surface area (Å²) in [7, 11) is 4.00. The van der Waals surface area contributed by atoms with Crippen molar-refractivity contribution in [3.05, 3.63) is 35.7 Å². The zero-order valence-corrected chi connectivity index (χ0v) is 17.5. The average Bonchev–Trinajstić information content (AvgIpc) is 3.04. The summed E-state index contributed by atoms with van der Waals surface area (Å²) in [5.74, 6) is -0.813. The van der Waals surface area contributed by atoms with Crippen molar-refractivity contribution in [3.63, 3.8) is 0 Å². The van der Waals surface area contributed by atoms with Crippen molar-refractivity contribution in [2.45, 2.75) is 50.9 Å². The van der Waals surface area contributed by atoms with Crippen molar-refractivity contribution in [1.29, 1.82) is 0 Å². The van der Waals surface area contributed by atoms with Crippen molar-refractivity contribution >= 4 is 23.4 Å². The summed E-state index contributed by atoms with van der Waals surface area (Å²) in [4.78, 5) is 14.3. The molecule has 1 atom stereocenters. The van der Waals surface area contributed by atoms with E-state index in [0.29, 0.717) is 5.16 Å². The maximum atomic E-state index is 13.7. The predicted octanol–water partition coefficient (Wildman–Crippen LogP) is 4.10. The second-order valence-electron chi connectivity index (χ2n) is 6.69. The number of hydrogen-bond donors (Lipinski definition) is 1. The lowest BCUT2D eigenvalue weighted by molar-refractivity contribution is -0.113. The Hall–Kier alpha value is -2.00. The van der Waals surface area contributed by atoms with E-state index in [1.807, 2.05) is 14.1 Å². The number of nitrogens with zero attached hydrogens (tertiary/aromatic N) is 4. The smallest absolute Gasteiger partial charge is 0.234 e. The maximum absolute atomic E-state index is 13.7. The summed E-state index contributed by atoms with van der Waals surface area (Å²) in [6.07, 6.45) is 2.89. The molecule has 0 fully saturated rings. The zero-order valence-electron chi connectivity index (χ0n) is 16.7. The fraction of sp³-hybridized carbons (Fsp3) is 0.526. The van der Waals surface area contributed by atoms with Gasteiger partial charge in [0.2, 0.25) is 5.91 Å². The Balaban J connectivity index is 2.11. The highest BCUT2D eigenvalue weighted by Gasteiger charge is 2.22. The van der Waals surface area contributed by atoms with Crippen molar-refractivity contribution in [1.82, 2.24) is 19.7 Å². The second-order valence-corrected chi connectivity index (χ2v) is 7.64. The van der Waals surface area contributed by atoms with E-state index < -0.39 is 17.5 Å². The van der Waals surface area contributed by atoms with Crippen molar-refractivity contribution in [2.24, 2.45) is 0 Å². The van der Waals surface area contributed by atoms with Gasteiger partial charge in [0.05, 0.1) is 17.5 Å². The van der Waals surface area contributed by atoms with Gasteiger partial charge < -0.3 is 9.88 Å². The van der Waals surface area contributed by atoms with Crippen molar-refractivity contribution in [2.75, 3.05) is 25.2 Å². The summed E-state index contributed by atoms with van der Waals surface area (Å²) >= 11 is 1.24. The highest BCUT2D eigenvalue weighted by atomic mass is 32.2. The van der Waals surface area contributed by atoms with E-state index >= 15 is 0 Å². The first kappa shape index (κ1) is 22.3. The third-order valence-corrected chi connectivity index (χ3v) is 5.29. The van der Waals surface area contributed by atoms with Crippen LogP contribution >= 0.6 is 11.8 Å². The number of thioether (sulfide) groups is 1. The maximum Gasteiger partial charge on any atom is 0.234 e. The number of aromatic nitrogens is 3. The first-order valence-electron chi connectivity index (χ1n) is 9.34. The Morgan fingerprint density at radius 1 is 1.29 bits per heavy atom. The molecule has 0 radical (unpaired) electrons. The lowest BCUT2D eigenvalue weighted by atomic mass is 10.2. The summed E-state index contributed by atoms with van der Waals surface area (Å²) in [6.45, 7) is 4.98. The molecule has 2 rings (SSSR count). The Labute approximate surface area is 168 Å². The molecule has 1 heterocycles. The molecule has 1 aromatic heterocycles. The minimum Gasteiger partial charge on any atom is -0.323 e. The van der Waals surface area contributed by atoms with Gasteiger partial charge in [-0.1, -0.05) is 32.0 Å². The fourth-order valence-electron chi connectivity index (χ4n) is 2.87. The van der Waals surface area contributed by atoms with E-state index in [2.05, 4.69) is 38.8 Å². The van der Waals surface area contributed by atoms with Gasteiger partial charge in [-0.2, -0.15) is 0 Å². The van der Waals surface area contributed by atoms with Crippen LogP contribution in [0.4, 0.5) is 14.5 Å². The molecule has 1 N–H and O–H groups in total. The van der Waals surface area contributed by atoms with Gasteiger partial charge in [0.25, 0.3) is 0 Å². The SMILES string of the molecule is CCCCn1c(SCC(=O)Nc2cc(F)ccc2F)nnc1C(CC)N(C)C. The van der Waals surface area contributed by atoms with E-state index in [0.717, 1.165) is 49.8 Å². The topological polar surface area (TPSA) is 63.1 Å². The number of benzene rings is 1. The second kappa shape index (κ2) is 10.5. The molecule has 154 valence electrons. The lowest BCUT2D eigenvalue weighted by Gasteiger charge is -2.23. The molecule has 0 aliphatic rings. The van der Waals surface area contributed by atoms with Crippen LogP contribution in [0.3, 0.4) is 0 Å². The molecule has 0 saturated carbocycles. The summed E-state index contributed by atoms with van der Waals surface area (Å²) in [6, 6.07) is 3.08. The predicted molar refractivity (Wildman–Crippen MR) is 107 cm³/mol. The average molecular weight is 412 g/mol. The third-order valence-electron chi connectivity index (χ3n) is 4.32. The van der Waals surface area contributed by atoms with E-state index in [-0.39, 0.29) is 17.5 Å². The minimum absolute atomic E-state index is 0.0268. The van der Waals surface area contributed by atoms with Crippen molar-refractivity contribution < 1.29 is 13.6 Å². The fourth-order valence-corrected chi connectivity index (χ4v) is 3.64. The lowest BCUT2D eigenvalue weighted by Crippen LogP contribution is -2.23. The third kappa shape index (κ3) is 5.75. The van der Waals surface area contributed by atoms with Gasteiger partial charge in [0, 0.05) is 12.6 Å². The Kier molecular flexibility index (Phi) is 8.37. The Morgan fingerprint density at radius 3 is 2.68 bits per heavy atom. The van der Waals surface area contributed by atoms with Gasteiger partial charge in [0.15, 0.2) is 11.0 Å². The molecule has 1 aromatic carbocycles.